The van der Waals surface area contributed by atoms with Gasteiger partial charge in [0.2, 0.25) is 5.91 Å². The van der Waals surface area contributed by atoms with Crippen LogP contribution in [-0.4, -0.2) is 51.4 Å². The molecular weight excluding hydrogens is 316 g/mol. The smallest absolute Gasteiger partial charge is 0.226 e. The Morgan fingerprint density at radius 2 is 2.24 bits per heavy atom. The fourth-order valence-corrected chi connectivity index (χ4v) is 3.85. The van der Waals surface area contributed by atoms with Crippen LogP contribution in [0.2, 0.25) is 0 Å². The molecule has 2 atom stereocenters. The molecule has 6 nitrogen and oxygen atoms in total. The summed E-state index contributed by atoms with van der Waals surface area (Å²) in [4.78, 5) is 21.7. The Morgan fingerprint density at radius 3 is 3.04 bits per heavy atom. The molecule has 0 spiro atoms. The van der Waals surface area contributed by atoms with Gasteiger partial charge in [0.1, 0.15) is 11.6 Å². The molecule has 0 radical (unpaired) electrons. The molecule has 1 amide bonds. The highest BCUT2D eigenvalue weighted by Crippen LogP contribution is 2.48. The van der Waals surface area contributed by atoms with Crippen molar-refractivity contribution in [2.45, 2.75) is 38.8 Å². The molecule has 6 heteroatoms. The van der Waals surface area contributed by atoms with Crippen LogP contribution in [0.4, 0.5) is 0 Å². The first-order valence-electron chi connectivity index (χ1n) is 9.31. The molecule has 1 saturated heterocycles. The Morgan fingerprint density at radius 1 is 1.32 bits per heavy atom. The first-order valence-corrected chi connectivity index (χ1v) is 9.31. The summed E-state index contributed by atoms with van der Waals surface area (Å²) in [6, 6.07) is 3.89. The maximum atomic E-state index is 12.8. The molecule has 3 heterocycles. The summed E-state index contributed by atoms with van der Waals surface area (Å²) >= 11 is 0. The van der Waals surface area contributed by atoms with E-state index >= 15 is 0 Å². The molecule has 2 aromatic heterocycles. The Hall–Kier alpha value is -2.08. The Bertz CT molecular complexity index is 709. The third-order valence-corrected chi connectivity index (χ3v) is 5.42. The number of rotatable bonds is 5. The van der Waals surface area contributed by atoms with Gasteiger partial charge < -0.3 is 13.9 Å². The van der Waals surface area contributed by atoms with Crippen molar-refractivity contribution >= 4 is 5.91 Å². The third-order valence-electron chi connectivity index (χ3n) is 5.42. The predicted octanol–water partition coefficient (Wildman–Crippen LogP) is 2.33. The van der Waals surface area contributed by atoms with E-state index in [0.29, 0.717) is 11.8 Å². The summed E-state index contributed by atoms with van der Waals surface area (Å²) in [5.41, 5.74) is 0. The van der Waals surface area contributed by atoms with Gasteiger partial charge in [0.25, 0.3) is 0 Å². The number of carbonyl (C=O) groups excluding carboxylic acids is 1. The normalized spacial score (nSPS) is 24.3. The quantitative estimate of drug-likeness (QED) is 0.837. The van der Waals surface area contributed by atoms with E-state index < -0.39 is 0 Å². The van der Waals surface area contributed by atoms with E-state index in [4.69, 9.17) is 4.42 Å². The number of furan rings is 1. The Labute approximate surface area is 148 Å². The van der Waals surface area contributed by atoms with Gasteiger partial charge in [-0.15, -0.1) is 0 Å². The van der Waals surface area contributed by atoms with Crippen molar-refractivity contribution in [3.8, 4) is 0 Å². The van der Waals surface area contributed by atoms with E-state index in [1.165, 1.54) is 0 Å². The zero-order chi connectivity index (χ0) is 17.2. The number of aryl methyl sites for hydroxylation is 1. The highest BCUT2D eigenvalue weighted by Gasteiger charge is 2.47. The van der Waals surface area contributed by atoms with Gasteiger partial charge in [0.15, 0.2) is 0 Å². The van der Waals surface area contributed by atoms with Gasteiger partial charge in [-0.25, -0.2) is 4.98 Å². The maximum absolute atomic E-state index is 12.8. The lowest BCUT2D eigenvalue weighted by Crippen LogP contribution is -2.36. The molecule has 134 valence electrons. The molecule has 0 aromatic carbocycles. The van der Waals surface area contributed by atoms with Crippen LogP contribution in [0.3, 0.4) is 0 Å². The van der Waals surface area contributed by atoms with Crippen LogP contribution in [0.25, 0.3) is 0 Å². The van der Waals surface area contributed by atoms with Gasteiger partial charge >= 0.3 is 0 Å². The summed E-state index contributed by atoms with van der Waals surface area (Å²) in [7, 11) is 0. The number of imidazole rings is 1. The summed E-state index contributed by atoms with van der Waals surface area (Å²) in [6.07, 6.45) is 7.55. The largest absolute Gasteiger partial charge is 0.469 e. The molecule has 4 rings (SSSR count). The fraction of sp³-hybridized carbons (Fsp3) is 0.579. The topological polar surface area (TPSA) is 54.5 Å². The lowest BCUT2D eigenvalue weighted by Gasteiger charge is -2.22. The average Bonchev–Trinajstić information content (AvgIpc) is 3.09. The number of nitrogens with zero attached hydrogens (tertiary/aromatic N) is 4. The van der Waals surface area contributed by atoms with Crippen LogP contribution in [0.1, 0.15) is 37.3 Å². The van der Waals surface area contributed by atoms with E-state index in [1.807, 2.05) is 24.5 Å². The third kappa shape index (κ3) is 3.49. The van der Waals surface area contributed by atoms with Crippen molar-refractivity contribution in [1.82, 2.24) is 19.4 Å². The Kier molecular flexibility index (Phi) is 4.61. The second kappa shape index (κ2) is 7.04. The van der Waals surface area contributed by atoms with Crippen molar-refractivity contribution in [3.05, 3.63) is 42.4 Å². The van der Waals surface area contributed by atoms with Gasteiger partial charge in [-0.2, -0.15) is 0 Å². The van der Waals surface area contributed by atoms with Crippen LogP contribution in [0, 0.1) is 5.92 Å². The van der Waals surface area contributed by atoms with Crippen LogP contribution < -0.4 is 0 Å². The minimum atomic E-state index is 0.122. The first kappa shape index (κ1) is 16.4. The molecule has 1 aliphatic heterocycles. The minimum Gasteiger partial charge on any atom is -0.469 e. The second-order valence-corrected chi connectivity index (χ2v) is 7.05. The monoisotopic (exact) mass is 342 g/mol. The number of hydrogen-bond acceptors (Lipinski definition) is 4. The van der Waals surface area contributed by atoms with Crippen molar-refractivity contribution in [1.29, 1.82) is 0 Å². The molecule has 1 saturated carbocycles. The summed E-state index contributed by atoms with van der Waals surface area (Å²) < 4.78 is 7.65. The number of hydrogen-bond donors (Lipinski definition) is 0. The zero-order valence-electron chi connectivity index (χ0n) is 14.8. The first-order chi connectivity index (χ1) is 12.3. The molecule has 2 aromatic rings. The van der Waals surface area contributed by atoms with Crippen LogP contribution >= 0.6 is 0 Å². The van der Waals surface area contributed by atoms with Crippen LogP contribution in [0.5, 0.6) is 0 Å². The lowest BCUT2D eigenvalue weighted by molar-refractivity contribution is -0.132. The Balaban J connectivity index is 1.32. The van der Waals surface area contributed by atoms with Crippen LogP contribution in [-0.2, 0) is 17.9 Å². The van der Waals surface area contributed by atoms with Crippen molar-refractivity contribution in [2.75, 3.05) is 26.2 Å². The zero-order valence-corrected chi connectivity index (χ0v) is 14.8. The molecule has 2 aliphatic rings. The van der Waals surface area contributed by atoms with Gasteiger partial charge in [-0.05, 0) is 31.9 Å². The standard InChI is InChI=1S/C19H26N4O2/c1-2-22-9-6-20-18(22)14-21-7-4-8-23(11-10-21)19(24)16-13-15(16)17-5-3-12-25-17/h3,5-6,9,12,15-16H,2,4,7-8,10-11,13-14H2,1H3/t15-,16-/m0/s1. The molecule has 25 heavy (non-hydrogen) atoms. The lowest BCUT2D eigenvalue weighted by atomic mass is 10.2. The van der Waals surface area contributed by atoms with Gasteiger partial charge in [0.05, 0.1) is 12.8 Å². The predicted molar refractivity (Wildman–Crippen MR) is 93.9 cm³/mol. The molecule has 0 N–H and O–H groups in total. The number of aromatic nitrogens is 2. The highest BCUT2D eigenvalue weighted by atomic mass is 16.3. The molecule has 0 unspecified atom stereocenters. The van der Waals surface area contributed by atoms with Crippen molar-refractivity contribution in [3.63, 3.8) is 0 Å². The highest BCUT2D eigenvalue weighted by molar-refractivity contribution is 5.82. The minimum absolute atomic E-state index is 0.122. The fourth-order valence-electron chi connectivity index (χ4n) is 3.85. The maximum Gasteiger partial charge on any atom is 0.226 e. The summed E-state index contributed by atoms with van der Waals surface area (Å²) in [6.45, 7) is 7.56. The van der Waals surface area contributed by atoms with Crippen LogP contribution in [0.15, 0.2) is 35.2 Å². The van der Waals surface area contributed by atoms with Gasteiger partial charge in [-0.1, -0.05) is 0 Å². The molecular formula is C19H26N4O2. The number of amides is 1. The average molecular weight is 342 g/mol. The van der Waals surface area contributed by atoms with E-state index in [1.54, 1.807) is 6.26 Å². The van der Waals surface area contributed by atoms with Gasteiger partial charge in [0, 0.05) is 57.0 Å². The SMILES string of the molecule is CCn1ccnc1CN1CCCN(C(=O)[C@H]2C[C@@H]2c2ccco2)CC1. The molecule has 0 bridgehead atoms. The van der Waals surface area contributed by atoms with Crippen molar-refractivity contribution < 1.29 is 9.21 Å². The molecule has 2 fully saturated rings. The van der Waals surface area contributed by atoms with E-state index in [-0.39, 0.29) is 5.92 Å². The second-order valence-electron chi connectivity index (χ2n) is 7.05. The summed E-state index contributed by atoms with van der Waals surface area (Å²) in [5.74, 6) is 2.79. The summed E-state index contributed by atoms with van der Waals surface area (Å²) in [5, 5.41) is 0. The number of carbonyl (C=O) groups is 1. The van der Waals surface area contributed by atoms with Gasteiger partial charge in [-0.3, -0.25) is 9.69 Å². The van der Waals surface area contributed by atoms with E-state index in [0.717, 1.165) is 63.7 Å². The van der Waals surface area contributed by atoms with E-state index in [2.05, 4.69) is 26.3 Å². The van der Waals surface area contributed by atoms with Crippen molar-refractivity contribution in [2.24, 2.45) is 5.92 Å². The molecule has 1 aliphatic carbocycles. The van der Waals surface area contributed by atoms with E-state index in [9.17, 15) is 4.79 Å².